The number of aryl methyl sites for hydroxylation is 1. The van der Waals surface area contributed by atoms with Gasteiger partial charge in [-0.3, -0.25) is 4.79 Å². The lowest BCUT2D eigenvalue weighted by atomic mass is 9.84. The summed E-state index contributed by atoms with van der Waals surface area (Å²) in [6.07, 6.45) is 7.38. The van der Waals surface area contributed by atoms with E-state index >= 15 is 0 Å². The van der Waals surface area contributed by atoms with Gasteiger partial charge in [0.05, 0.1) is 22.1 Å². The van der Waals surface area contributed by atoms with Crippen molar-refractivity contribution in [1.82, 2.24) is 14.6 Å². The highest BCUT2D eigenvalue weighted by Crippen LogP contribution is 2.34. The average molecular weight is 448 g/mol. The predicted octanol–water partition coefficient (Wildman–Crippen LogP) is 3.97. The van der Waals surface area contributed by atoms with Gasteiger partial charge in [0, 0.05) is 11.9 Å². The summed E-state index contributed by atoms with van der Waals surface area (Å²) in [5.41, 5.74) is 2.03. The summed E-state index contributed by atoms with van der Waals surface area (Å²) >= 11 is 1.53. The highest BCUT2D eigenvalue weighted by atomic mass is 32.2. The second-order valence-corrected chi connectivity index (χ2v) is 11.2. The number of thiazole rings is 1. The molecule has 1 atom stereocenters. The molecule has 2 aromatic rings. The first-order valence-electron chi connectivity index (χ1n) is 10.8. The van der Waals surface area contributed by atoms with Crippen LogP contribution >= 0.6 is 11.3 Å². The molecule has 0 radical (unpaired) electrons. The minimum atomic E-state index is -3.70. The maximum absolute atomic E-state index is 13.2. The van der Waals surface area contributed by atoms with Crippen LogP contribution in [-0.2, 0) is 21.4 Å². The Bertz CT molecular complexity index is 979. The summed E-state index contributed by atoms with van der Waals surface area (Å²) in [5, 5.41) is 5.71. The Morgan fingerprint density at radius 1 is 1.13 bits per heavy atom. The molecule has 1 aliphatic heterocycles. The maximum atomic E-state index is 13.2. The first kappa shape index (κ1) is 21.5. The Morgan fingerprint density at radius 2 is 1.87 bits per heavy atom. The number of carbonyl (C=O) groups is 1. The van der Waals surface area contributed by atoms with Gasteiger partial charge >= 0.3 is 0 Å². The summed E-state index contributed by atoms with van der Waals surface area (Å²) in [6.45, 7) is 2.62. The molecule has 30 heavy (non-hydrogen) atoms. The van der Waals surface area contributed by atoms with Gasteiger partial charge in [-0.2, -0.15) is 4.31 Å². The van der Waals surface area contributed by atoms with Crippen molar-refractivity contribution in [2.24, 2.45) is 0 Å². The fourth-order valence-corrected chi connectivity index (χ4v) is 6.83. The molecule has 8 heteroatoms. The summed E-state index contributed by atoms with van der Waals surface area (Å²) in [7, 11) is -3.70. The molecule has 2 heterocycles. The van der Waals surface area contributed by atoms with Crippen LogP contribution in [0.4, 0.5) is 0 Å². The van der Waals surface area contributed by atoms with E-state index in [-0.39, 0.29) is 10.8 Å². The number of nitrogens with one attached hydrogen (secondary N) is 1. The van der Waals surface area contributed by atoms with Crippen LogP contribution in [0, 0.1) is 6.92 Å². The maximum Gasteiger partial charge on any atom is 0.243 e. The van der Waals surface area contributed by atoms with Gasteiger partial charge in [0.15, 0.2) is 0 Å². The summed E-state index contributed by atoms with van der Waals surface area (Å²) in [6, 6.07) is 6.68. The zero-order valence-electron chi connectivity index (χ0n) is 17.3. The SMILES string of the molecule is Cc1nc(CNC(=O)[C@H]2CCCN2S(=O)(=O)c2ccc(C3CCCCC3)cc2)cs1. The standard InChI is InChI=1S/C22H29N3O3S2/c1-16-24-19(15-29-16)14-23-22(26)21-8-5-13-25(21)30(27,28)20-11-9-18(10-12-20)17-6-3-2-4-7-17/h9-12,15,17,21H,2-8,13-14H2,1H3,(H,23,26)/t21-/m1/s1. The molecule has 6 nitrogen and oxygen atoms in total. The lowest BCUT2D eigenvalue weighted by molar-refractivity contribution is -0.124. The van der Waals surface area contributed by atoms with Crippen molar-refractivity contribution < 1.29 is 13.2 Å². The average Bonchev–Trinajstić information content (AvgIpc) is 3.42. The van der Waals surface area contributed by atoms with E-state index < -0.39 is 16.1 Å². The van der Waals surface area contributed by atoms with Crippen LogP contribution in [0.5, 0.6) is 0 Å². The van der Waals surface area contributed by atoms with Crippen LogP contribution in [0.3, 0.4) is 0 Å². The van der Waals surface area contributed by atoms with E-state index in [2.05, 4.69) is 10.3 Å². The van der Waals surface area contributed by atoms with Crippen LogP contribution in [0.2, 0.25) is 0 Å². The molecule has 1 aromatic heterocycles. The first-order chi connectivity index (χ1) is 14.4. The van der Waals surface area contributed by atoms with Gasteiger partial charge in [0.1, 0.15) is 6.04 Å². The Kier molecular flexibility index (Phi) is 6.55. The fraction of sp³-hybridized carbons (Fsp3) is 0.545. The van der Waals surface area contributed by atoms with E-state index in [1.165, 1.54) is 53.3 Å². The molecule has 1 saturated heterocycles. The zero-order chi connectivity index (χ0) is 21.1. The van der Waals surface area contributed by atoms with Crippen LogP contribution in [-0.4, -0.2) is 36.2 Å². The van der Waals surface area contributed by atoms with Gasteiger partial charge in [-0.1, -0.05) is 31.4 Å². The minimum Gasteiger partial charge on any atom is -0.349 e. The molecule has 4 rings (SSSR count). The molecule has 162 valence electrons. The second-order valence-electron chi connectivity index (χ2n) is 8.25. The molecule has 0 unspecified atom stereocenters. The van der Waals surface area contributed by atoms with Crippen molar-refractivity contribution in [1.29, 1.82) is 0 Å². The first-order valence-corrected chi connectivity index (χ1v) is 13.1. The van der Waals surface area contributed by atoms with Gasteiger partial charge in [0.2, 0.25) is 15.9 Å². The van der Waals surface area contributed by atoms with Gasteiger partial charge < -0.3 is 5.32 Å². The second kappa shape index (κ2) is 9.16. The molecule has 2 fully saturated rings. The minimum absolute atomic E-state index is 0.249. The predicted molar refractivity (Wildman–Crippen MR) is 118 cm³/mol. The van der Waals surface area contributed by atoms with E-state index in [0.717, 1.165) is 10.7 Å². The third-order valence-electron chi connectivity index (χ3n) is 6.18. The molecule has 1 aliphatic carbocycles. The quantitative estimate of drug-likeness (QED) is 0.727. The molecular weight excluding hydrogens is 418 g/mol. The Labute approximate surface area is 182 Å². The number of nitrogens with zero attached hydrogens (tertiary/aromatic N) is 2. The lowest BCUT2D eigenvalue weighted by Crippen LogP contribution is -2.45. The monoisotopic (exact) mass is 447 g/mol. The highest BCUT2D eigenvalue weighted by molar-refractivity contribution is 7.89. The molecule has 1 saturated carbocycles. The Morgan fingerprint density at radius 3 is 2.53 bits per heavy atom. The van der Waals surface area contributed by atoms with Crippen LogP contribution < -0.4 is 5.32 Å². The van der Waals surface area contributed by atoms with E-state index in [4.69, 9.17) is 0 Å². The highest BCUT2D eigenvalue weighted by Gasteiger charge is 2.39. The molecule has 1 amide bonds. The van der Waals surface area contributed by atoms with E-state index in [1.54, 1.807) is 12.1 Å². The summed E-state index contributed by atoms with van der Waals surface area (Å²) in [4.78, 5) is 17.4. The number of sulfonamides is 1. The largest absolute Gasteiger partial charge is 0.349 e. The van der Waals surface area contributed by atoms with Crippen molar-refractivity contribution >= 4 is 27.3 Å². The summed E-state index contributed by atoms with van der Waals surface area (Å²) < 4.78 is 27.9. The third kappa shape index (κ3) is 4.60. The van der Waals surface area contributed by atoms with Crippen molar-refractivity contribution in [2.45, 2.75) is 75.3 Å². The smallest absolute Gasteiger partial charge is 0.243 e. The van der Waals surface area contributed by atoms with Crippen molar-refractivity contribution in [3.05, 3.63) is 45.9 Å². The topological polar surface area (TPSA) is 79.4 Å². The van der Waals surface area contributed by atoms with Gasteiger partial charge in [-0.15, -0.1) is 11.3 Å². The van der Waals surface area contributed by atoms with Crippen molar-refractivity contribution in [2.75, 3.05) is 6.54 Å². The molecule has 0 spiro atoms. The third-order valence-corrected chi connectivity index (χ3v) is 8.92. The van der Waals surface area contributed by atoms with E-state index in [1.807, 2.05) is 24.4 Å². The number of aromatic nitrogens is 1. The van der Waals surface area contributed by atoms with Crippen molar-refractivity contribution in [3.8, 4) is 0 Å². The van der Waals surface area contributed by atoms with Crippen molar-refractivity contribution in [3.63, 3.8) is 0 Å². The molecular formula is C22H29N3O3S2. The Hall–Kier alpha value is -1.77. The fourth-order valence-electron chi connectivity index (χ4n) is 4.56. The number of rotatable bonds is 6. The van der Waals surface area contributed by atoms with Gasteiger partial charge in [-0.25, -0.2) is 13.4 Å². The molecule has 0 bridgehead atoms. The lowest BCUT2D eigenvalue weighted by Gasteiger charge is -2.24. The van der Waals surface area contributed by atoms with E-state index in [9.17, 15) is 13.2 Å². The van der Waals surface area contributed by atoms with Gasteiger partial charge in [0.25, 0.3) is 0 Å². The van der Waals surface area contributed by atoms with Crippen LogP contribution in [0.25, 0.3) is 0 Å². The molecule has 2 aliphatic rings. The normalized spacial score (nSPS) is 21.0. The molecule has 1 N–H and O–H groups in total. The number of hydrogen-bond donors (Lipinski definition) is 1. The number of amides is 1. The Balaban J connectivity index is 1.44. The van der Waals surface area contributed by atoms with Gasteiger partial charge in [-0.05, 0) is 56.2 Å². The number of benzene rings is 1. The summed E-state index contributed by atoms with van der Waals surface area (Å²) in [5.74, 6) is 0.288. The van der Waals surface area contributed by atoms with Crippen LogP contribution in [0.1, 0.15) is 67.1 Å². The zero-order valence-corrected chi connectivity index (χ0v) is 19.0. The van der Waals surface area contributed by atoms with E-state index in [0.29, 0.717) is 31.8 Å². The number of carbonyl (C=O) groups excluding carboxylic acids is 1. The molecule has 1 aromatic carbocycles. The number of hydrogen-bond acceptors (Lipinski definition) is 5. The van der Waals surface area contributed by atoms with Crippen LogP contribution in [0.15, 0.2) is 34.5 Å².